The van der Waals surface area contributed by atoms with Gasteiger partial charge in [-0.15, -0.1) is 0 Å². The Bertz CT molecular complexity index is 743. The molecule has 1 N–H and O–H groups in total. The third-order valence-electron chi connectivity index (χ3n) is 4.09. The maximum absolute atomic E-state index is 12.3. The Morgan fingerprint density at radius 3 is 2.67 bits per heavy atom. The van der Waals surface area contributed by atoms with E-state index in [1.807, 2.05) is 0 Å². The van der Waals surface area contributed by atoms with E-state index in [1.165, 1.54) is 11.0 Å². The first-order chi connectivity index (χ1) is 11.2. The van der Waals surface area contributed by atoms with Gasteiger partial charge in [-0.3, -0.25) is 4.79 Å². The number of phenolic OH excluding ortho intramolecular Hbond substituents is 1. The van der Waals surface area contributed by atoms with Crippen LogP contribution < -0.4 is 0 Å². The van der Waals surface area contributed by atoms with Crippen molar-refractivity contribution in [2.45, 2.75) is 26.3 Å². The Labute approximate surface area is 141 Å². The first-order valence-corrected chi connectivity index (χ1v) is 9.53. The largest absolute Gasteiger partial charge is 0.507 e. The quantitative estimate of drug-likeness (QED) is 0.787. The van der Waals surface area contributed by atoms with Gasteiger partial charge < -0.3 is 14.7 Å². The molecule has 0 bridgehead atoms. The molecule has 1 fully saturated rings. The number of aryl methyl sites for hydroxylation is 1. The average Bonchev–Trinajstić information content (AvgIpc) is 2.88. The van der Waals surface area contributed by atoms with Crippen molar-refractivity contribution in [2.75, 3.05) is 24.7 Å². The number of sulfone groups is 1. The van der Waals surface area contributed by atoms with Crippen LogP contribution in [0, 0.1) is 6.92 Å². The monoisotopic (exact) mass is 355 g/mol. The summed E-state index contributed by atoms with van der Waals surface area (Å²) in [4.78, 5) is 25.7. The normalized spacial score (nSPS) is 19.0. The minimum absolute atomic E-state index is 0.00528. The molecule has 8 heteroatoms. The second kappa shape index (κ2) is 7.21. The van der Waals surface area contributed by atoms with Crippen LogP contribution in [0.1, 0.15) is 29.3 Å². The number of phenols is 1. The smallest absolute Gasteiger partial charge is 0.342 e. The number of carbonyl (C=O) groups excluding carboxylic acids is 2. The van der Waals surface area contributed by atoms with Gasteiger partial charge in [0.2, 0.25) is 0 Å². The first kappa shape index (κ1) is 18.3. The van der Waals surface area contributed by atoms with Gasteiger partial charge in [0, 0.05) is 12.6 Å². The van der Waals surface area contributed by atoms with E-state index in [0.717, 1.165) is 0 Å². The van der Waals surface area contributed by atoms with Crippen LogP contribution in [0.15, 0.2) is 18.2 Å². The molecule has 0 radical (unpaired) electrons. The number of ether oxygens (including phenoxy) is 1. The lowest BCUT2D eigenvalue weighted by Gasteiger charge is -2.26. The summed E-state index contributed by atoms with van der Waals surface area (Å²) >= 11 is 0. The topological polar surface area (TPSA) is 101 Å². The molecule has 24 heavy (non-hydrogen) atoms. The zero-order chi connectivity index (χ0) is 17.9. The van der Waals surface area contributed by atoms with Gasteiger partial charge in [-0.05, 0) is 31.9 Å². The van der Waals surface area contributed by atoms with Crippen molar-refractivity contribution in [2.24, 2.45) is 0 Å². The predicted molar refractivity (Wildman–Crippen MR) is 87.6 cm³/mol. The number of rotatable bonds is 5. The van der Waals surface area contributed by atoms with E-state index in [1.54, 1.807) is 26.0 Å². The van der Waals surface area contributed by atoms with Gasteiger partial charge in [-0.25, -0.2) is 13.2 Å². The number of para-hydroxylation sites is 1. The van der Waals surface area contributed by atoms with Crippen LogP contribution in [-0.2, 0) is 19.4 Å². The van der Waals surface area contributed by atoms with E-state index in [-0.39, 0.29) is 28.9 Å². The van der Waals surface area contributed by atoms with Crippen LogP contribution in [0.4, 0.5) is 0 Å². The molecule has 0 spiro atoms. The lowest BCUT2D eigenvalue weighted by molar-refractivity contribution is -0.136. The number of carbonyl (C=O) groups is 2. The van der Waals surface area contributed by atoms with Crippen molar-refractivity contribution in [1.29, 1.82) is 0 Å². The molecule has 0 unspecified atom stereocenters. The predicted octanol–water partition coefficient (Wildman–Crippen LogP) is 0.893. The number of likely N-dealkylation sites (N-methyl/N-ethyl adjacent to an activating group) is 1. The van der Waals surface area contributed by atoms with E-state index >= 15 is 0 Å². The summed E-state index contributed by atoms with van der Waals surface area (Å²) in [6, 6.07) is 4.29. The fraction of sp³-hybridized carbons (Fsp3) is 0.500. The van der Waals surface area contributed by atoms with Gasteiger partial charge in [-0.1, -0.05) is 12.1 Å². The Kier molecular flexibility index (Phi) is 5.48. The van der Waals surface area contributed by atoms with E-state index < -0.39 is 28.3 Å². The van der Waals surface area contributed by atoms with Crippen LogP contribution >= 0.6 is 0 Å². The van der Waals surface area contributed by atoms with Gasteiger partial charge in [0.1, 0.15) is 11.3 Å². The Morgan fingerprint density at radius 1 is 1.38 bits per heavy atom. The summed E-state index contributed by atoms with van der Waals surface area (Å²) < 4.78 is 28.1. The highest BCUT2D eigenvalue weighted by atomic mass is 32.2. The highest BCUT2D eigenvalue weighted by Crippen LogP contribution is 2.22. The van der Waals surface area contributed by atoms with Crippen molar-refractivity contribution < 1.29 is 27.9 Å². The maximum atomic E-state index is 12.3. The van der Waals surface area contributed by atoms with Gasteiger partial charge in [0.05, 0.1) is 11.5 Å². The number of esters is 1. The number of benzene rings is 1. The first-order valence-electron chi connectivity index (χ1n) is 7.70. The van der Waals surface area contributed by atoms with Gasteiger partial charge >= 0.3 is 5.97 Å². The lowest BCUT2D eigenvalue weighted by atomic mass is 10.1. The molecular weight excluding hydrogens is 334 g/mol. The van der Waals surface area contributed by atoms with E-state index in [4.69, 9.17) is 4.74 Å². The molecule has 0 aliphatic carbocycles. The number of aromatic hydroxyl groups is 1. The van der Waals surface area contributed by atoms with Crippen LogP contribution in [-0.4, -0.2) is 61.0 Å². The SMILES string of the molecule is CCN(C(=O)COC(=O)c1cccc(C)c1O)[C@@H]1CCS(=O)(=O)C1. The molecule has 0 saturated carbocycles. The number of hydrogen-bond donors (Lipinski definition) is 1. The summed E-state index contributed by atoms with van der Waals surface area (Å²) in [6.07, 6.45) is 0.397. The van der Waals surface area contributed by atoms with Gasteiger partial charge in [0.15, 0.2) is 16.4 Å². The maximum Gasteiger partial charge on any atom is 0.342 e. The van der Waals surface area contributed by atoms with E-state index in [0.29, 0.717) is 18.5 Å². The lowest BCUT2D eigenvalue weighted by Crippen LogP contribution is -2.43. The minimum Gasteiger partial charge on any atom is -0.507 e. The molecule has 1 aliphatic rings. The molecule has 1 heterocycles. The molecule has 1 aliphatic heterocycles. The molecule has 1 aromatic rings. The molecule has 1 atom stereocenters. The van der Waals surface area contributed by atoms with Gasteiger partial charge in [-0.2, -0.15) is 0 Å². The average molecular weight is 355 g/mol. The Balaban J connectivity index is 1.99. The molecule has 1 aromatic carbocycles. The molecule has 132 valence electrons. The third-order valence-corrected chi connectivity index (χ3v) is 5.84. The molecule has 0 aromatic heterocycles. The van der Waals surface area contributed by atoms with Crippen LogP contribution in [0.25, 0.3) is 0 Å². The van der Waals surface area contributed by atoms with Crippen molar-refractivity contribution in [3.05, 3.63) is 29.3 Å². The fourth-order valence-electron chi connectivity index (χ4n) is 2.77. The third kappa shape index (κ3) is 4.05. The molecule has 2 rings (SSSR count). The highest BCUT2D eigenvalue weighted by molar-refractivity contribution is 7.91. The Morgan fingerprint density at radius 2 is 2.08 bits per heavy atom. The molecule has 1 amide bonds. The fourth-order valence-corrected chi connectivity index (χ4v) is 4.50. The second-order valence-corrected chi connectivity index (χ2v) is 8.01. The zero-order valence-corrected chi connectivity index (χ0v) is 14.5. The summed E-state index contributed by atoms with van der Waals surface area (Å²) in [5, 5.41) is 9.86. The molecule has 7 nitrogen and oxygen atoms in total. The Hall–Kier alpha value is -2.09. The number of hydrogen-bond acceptors (Lipinski definition) is 6. The van der Waals surface area contributed by atoms with Crippen LogP contribution in [0.2, 0.25) is 0 Å². The minimum atomic E-state index is -3.10. The van der Waals surface area contributed by atoms with E-state index in [2.05, 4.69) is 0 Å². The van der Waals surface area contributed by atoms with Crippen molar-refractivity contribution >= 4 is 21.7 Å². The summed E-state index contributed by atoms with van der Waals surface area (Å²) in [7, 11) is -3.10. The number of nitrogens with zero attached hydrogens (tertiary/aromatic N) is 1. The second-order valence-electron chi connectivity index (χ2n) is 5.78. The van der Waals surface area contributed by atoms with Gasteiger partial charge in [0.25, 0.3) is 5.91 Å². The van der Waals surface area contributed by atoms with Crippen molar-refractivity contribution in [1.82, 2.24) is 4.90 Å². The zero-order valence-electron chi connectivity index (χ0n) is 13.7. The van der Waals surface area contributed by atoms with Crippen LogP contribution in [0.3, 0.4) is 0 Å². The van der Waals surface area contributed by atoms with E-state index in [9.17, 15) is 23.1 Å². The van der Waals surface area contributed by atoms with Crippen molar-refractivity contribution in [3.8, 4) is 5.75 Å². The summed E-state index contributed by atoms with van der Waals surface area (Å²) in [5.41, 5.74) is 0.524. The summed E-state index contributed by atoms with van der Waals surface area (Å²) in [5.74, 6) is -1.40. The summed E-state index contributed by atoms with van der Waals surface area (Å²) in [6.45, 7) is 3.25. The highest BCUT2D eigenvalue weighted by Gasteiger charge is 2.34. The molecular formula is C16H21NO6S. The van der Waals surface area contributed by atoms with Crippen LogP contribution in [0.5, 0.6) is 5.75 Å². The van der Waals surface area contributed by atoms with Crippen molar-refractivity contribution in [3.63, 3.8) is 0 Å². The number of amides is 1. The standard InChI is InChI=1S/C16H21NO6S/c1-3-17(12-7-8-24(21,22)10-12)14(18)9-23-16(20)13-6-4-5-11(2)15(13)19/h4-6,12,19H,3,7-10H2,1-2H3/t12-/m1/s1. The molecule has 1 saturated heterocycles.